The Kier molecular flexibility index (Phi) is 15.8. The lowest BCUT2D eigenvalue weighted by atomic mass is 10.1. The molecule has 0 aliphatic heterocycles. The van der Waals surface area contributed by atoms with Gasteiger partial charge in [-0.15, -0.1) is 26.3 Å². The van der Waals surface area contributed by atoms with Gasteiger partial charge < -0.3 is 34.3 Å². The van der Waals surface area contributed by atoms with E-state index >= 15 is 0 Å². The molecule has 340 valence electrons. The number of methoxy groups -OCH3 is 1. The Labute approximate surface area is 380 Å². The molecule has 23 heteroatoms. The lowest BCUT2D eigenvalue weighted by molar-refractivity contribution is -0.275. The molecule has 6 rings (SSSR count). The smallest absolute Gasteiger partial charge is 0.464 e. The molecule has 2 heterocycles. The highest BCUT2D eigenvalue weighted by Gasteiger charge is 2.32. The van der Waals surface area contributed by atoms with Crippen molar-refractivity contribution in [3.05, 3.63) is 152 Å². The summed E-state index contributed by atoms with van der Waals surface area (Å²) in [5.41, 5.74) is 0.486. The van der Waals surface area contributed by atoms with Crippen LogP contribution in [0.2, 0.25) is 10.0 Å². The van der Waals surface area contributed by atoms with E-state index < -0.39 is 64.8 Å². The van der Waals surface area contributed by atoms with Crippen molar-refractivity contribution >= 4 is 68.3 Å². The van der Waals surface area contributed by atoms with Crippen LogP contribution in [0.5, 0.6) is 34.5 Å². The number of aromatic nitrogens is 2. The van der Waals surface area contributed by atoms with Gasteiger partial charge in [0.25, 0.3) is 11.8 Å². The van der Waals surface area contributed by atoms with E-state index in [0.29, 0.717) is 21.4 Å². The number of nitrogens with one attached hydrogen (secondary N) is 2. The van der Waals surface area contributed by atoms with Crippen molar-refractivity contribution in [3.8, 4) is 34.5 Å². The quantitative estimate of drug-likeness (QED) is 0.0730. The zero-order valence-corrected chi connectivity index (χ0v) is 36.2. The van der Waals surface area contributed by atoms with Gasteiger partial charge >= 0.3 is 18.7 Å². The van der Waals surface area contributed by atoms with E-state index in [1.807, 2.05) is 0 Å². The lowest BCUT2D eigenvalue weighted by Crippen LogP contribution is -2.17. The second kappa shape index (κ2) is 20.9. The molecule has 0 atom stereocenters. The Morgan fingerprint density at radius 3 is 1.38 bits per heavy atom. The first-order valence-corrected chi connectivity index (χ1v) is 19.4. The van der Waals surface area contributed by atoms with Crippen LogP contribution in [0.4, 0.5) is 46.5 Å². The Hall–Kier alpha value is -6.71. The summed E-state index contributed by atoms with van der Waals surface area (Å²) in [6.07, 6.45) is -6.88. The maximum absolute atomic E-state index is 14.8. The first-order chi connectivity index (χ1) is 30.5. The van der Waals surface area contributed by atoms with Crippen LogP contribution in [-0.4, -0.2) is 47.6 Å². The number of esters is 1. The van der Waals surface area contributed by atoms with Crippen molar-refractivity contribution in [1.29, 1.82) is 0 Å². The van der Waals surface area contributed by atoms with Crippen LogP contribution in [0.1, 0.15) is 42.3 Å². The molecule has 0 aliphatic carbocycles. The van der Waals surface area contributed by atoms with Crippen molar-refractivity contribution in [1.82, 2.24) is 9.97 Å². The predicted octanol–water partition coefficient (Wildman–Crippen LogP) is 12.8. The van der Waals surface area contributed by atoms with E-state index in [0.717, 1.165) is 49.6 Å². The van der Waals surface area contributed by atoms with Crippen LogP contribution in [0.25, 0.3) is 0 Å². The van der Waals surface area contributed by atoms with Crippen LogP contribution in [0.3, 0.4) is 0 Å². The fourth-order valence-corrected chi connectivity index (χ4v) is 5.86. The second-order valence-electron chi connectivity index (χ2n) is 12.8. The molecular formula is C42H27BrCl2F8N4O8. The third-order valence-corrected chi connectivity index (χ3v) is 9.22. The maximum atomic E-state index is 14.8. The number of ether oxygens (including phenoxy) is 5. The fourth-order valence-electron chi connectivity index (χ4n) is 5.21. The van der Waals surface area contributed by atoms with Gasteiger partial charge in [-0.2, -0.15) is 0 Å². The zero-order chi connectivity index (χ0) is 47.8. The van der Waals surface area contributed by atoms with Crippen LogP contribution < -0.4 is 29.6 Å². The molecule has 0 saturated heterocycles. The van der Waals surface area contributed by atoms with E-state index in [1.54, 1.807) is 13.8 Å². The molecule has 0 saturated carbocycles. The summed E-state index contributed by atoms with van der Waals surface area (Å²) in [5, 5.41) is 4.35. The molecule has 2 N–H and O–H groups in total. The predicted molar refractivity (Wildman–Crippen MR) is 222 cm³/mol. The number of alkyl halides is 6. The molecule has 6 aromatic rings. The first-order valence-electron chi connectivity index (χ1n) is 17.8. The molecule has 0 unspecified atom stereocenters. The summed E-state index contributed by atoms with van der Waals surface area (Å²) in [6, 6.07) is 16.3. The number of hydrogen-bond donors (Lipinski definition) is 2. The van der Waals surface area contributed by atoms with Crippen molar-refractivity contribution in [3.63, 3.8) is 0 Å². The molecule has 2 amide bonds. The molecule has 0 fully saturated rings. The highest BCUT2D eigenvalue weighted by atomic mass is 79.9. The van der Waals surface area contributed by atoms with Crippen molar-refractivity contribution in [2.45, 2.75) is 26.6 Å². The third kappa shape index (κ3) is 13.6. The largest absolute Gasteiger partial charge is 0.573 e. The summed E-state index contributed by atoms with van der Waals surface area (Å²) in [7, 11) is 1.16. The molecule has 12 nitrogen and oxygen atoms in total. The highest BCUT2D eigenvalue weighted by molar-refractivity contribution is 9.10. The number of benzene rings is 4. The molecule has 0 spiro atoms. The van der Waals surface area contributed by atoms with E-state index in [9.17, 15) is 49.5 Å². The average Bonchev–Trinajstić information content (AvgIpc) is 3.23. The minimum atomic E-state index is -4.87. The number of hydrogen-bond acceptors (Lipinski definition) is 10. The Bertz CT molecular complexity index is 2730. The van der Waals surface area contributed by atoms with Crippen LogP contribution in [0, 0.1) is 25.5 Å². The number of halogens is 11. The topological polar surface area (TPSA) is 147 Å². The molecule has 2 aromatic heterocycles. The fraction of sp³-hybridized carbons (Fsp3) is 0.119. The van der Waals surface area contributed by atoms with Crippen LogP contribution >= 0.6 is 39.1 Å². The average molecular weight is 1020 g/mol. The van der Waals surface area contributed by atoms with Crippen LogP contribution in [-0.2, 0) is 4.74 Å². The van der Waals surface area contributed by atoms with Gasteiger partial charge in [0.15, 0.2) is 11.6 Å². The normalized spacial score (nSPS) is 11.1. The van der Waals surface area contributed by atoms with E-state index in [4.69, 9.17) is 32.7 Å². The molecular weight excluding hydrogens is 991 g/mol. The van der Waals surface area contributed by atoms with Gasteiger partial charge in [-0.25, -0.2) is 23.5 Å². The van der Waals surface area contributed by atoms with E-state index in [2.05, 4.69) is 50.7 Å². The third-order valence-electron chi connectivity index (χ3n) is 8.20. The van der Waals surface area contributed by atoms with Gasteiger partial charge in [0, 0.05) is 23.8 Å². The summed E-state index contributed by atoms with van der Waals surface area (Å²) in [4.78, 5) is 45.4. The lowest BCUT2D eigenvalue weighted by Gasteiger charge is -2.15. The number of carbonyl (C=O) groups excluding carboxylic acids is 3. The number of aryl methyl sites for hydroxylation is 2. The maximum Gasteiger partial charge on any atom is 0.573 e. The minimum Gasteiger partial charge on any atom is -0.464 e. The molecule has 4 aromatic carbocycles. The van der Waals surface area contributed by atoms with Crippen molar-refractivity contribution in [2.75, 3.05) is 17.7 Å². The summed E-state index contributed by atoms with van der Waals surface area (Å²) in [6.45, 7) is 3.30. The minimum absolute atomic E-state index is 0.00151. The first kappa shape index (κ1) is 49.3. The summed E-state index contributed by atoms with van der Waals surface area (Å²) in [5.74, 6) is -6.00. The van der Waals surface area contributed by atoms with Crippen molar-refractivity contribution in [2.24, 2.45) is 0 Å². The molecule has 0 bridgehead atoms. The number of anilines is 2. The number of rotatable bonds is 11. The van der Waals surface area contributed by atoms with E-state index in [-0.39, 0.29) is 44.4 Å². The standard InChI is InChI=1S/C22H15ClF4N2O5.C20H12BrClF4N2O3/c1-11-10-28-16(21(31)32-2)9-15(11)29-20(30)18-17(8-7-14(23)19(18)24)33-12-3-5-13(6-4-12)34-22(25,26)27;1-10-9-27-16(21)8-14(10)28-19(29)17-15(7-6-13(22)18(17)23)30-11-2-4-12(5-3-11)31-20(24,25)26/h3-10H,1-2H3,(H,28,29,30);2-9H,1H3,(H,27,28,29). The van der Waals surface area contributed by atoms with Gasteiger partial charge in [-0.3, -0.25) is 9.59 Å². The van der Waals surface area contributed by atoms with Gasteiger partial charge in [-0.05, 0) is 126 Å². The second-order valence-corrected chi connectivity index (χ2v) is 14.4. The number of amides is 2. The Balaban J connectivity index is 0.000000245. The van der Waals surface area contributed by atoms with Gasteiger partial charge in [0.1, 0.15) is 55.9 Å². The SMILES string of the molecule is COC(=O)c1cc(NC(=O)c2c(Oc3ccc(OC(F)(F)F)cc3)ccc(Cl)c2F)c(C)cn1.Cc1cnc(Br)cc1NC(=O)c1c(Oc2ccc(OC(F)(F)F)cc2)ccc(Cl)c1F. The monoisotopic (exact) mass is 1020 g/mol. The van der Waals surface area contributed by atoms with Gasteiger partial charge in [0.2, 0.25) is 0 Å². The number of carbonyl (C=O) groups is 3. The molecule has 0 aliphatic rings. The van der Waals surface area contributed by atoms with Gasteiger partial charge in [0.05, 0.1) is 17.2 Å². The summed E-state index contributed by atoms with van der Waals surface area (Å²) < 4.78 is 127. The van der Waals surface area contributed by atoms with Crippen LogP contribution in [0.15, 0.2) is 102 Å². The summed E-state index contributed by atoms with van der Waals surface area (Å²) >= 11 is 14.8. The van der Waals surface area contributed by atoms with Crippen molar-refractivity contribution < 1.29 is 73.2 Å². The molecule has 0 radical (unpaired) electrons. The Morgan fingerprint density at radius 2 is 0.985 bits per heavy atom. The van der Waals surface area contributed by atoms with Gasteiger partial charge in [-0.1, -0.05) is 23.2 Å². The van der Waals surface area contributed by atoms with E-state index in [1.165, 1.54) is 54.9 Å². The Morgan fingerprint density at radius 1 is 0.600 bits per heavy atom. The number of nitrogens with zero attached hydrogens (tertiary/aromatic N) is 2. The number of pyridine rings is 2. The molecule has 65 heavy (non-hydrogen) atoms. The zero-order valence-electron chi connectivity index (χ0n) is 33.1. The highest BCUT2D eigenvalue weighted by Crippen LogP contribution is 2.36.